The fourth-order valence-corrected chi connectivity index (χ4v) is 12.2. The summed E-state index contributed by atoms with van der Waals surface area (Å²) < 4.78 is 123. The summed E-state index contributed by atoms with van der Waals surface area (Å²) in [5.74, 6) is -3.03. The number of carboxylic acid groups (broad SMARTS) is 2. The minimum absolute atomic E-state index is 0. The van der Waals surface area contributed by atoms with Gasteiger partial charge < -0.3 is 62.0 Å². The zero-order valence-corrected chi connectivity index (χ0v) is 60.2. The van der Waals surface area contributed by atoms with Gasteiger partial charge in [-0.25, -0.2) is 21.0 Å². The Kier molecular flexibility index (Phi) is 31.2. The maximum atomic E-state index is 12.3. The molecule has 1 unspecified atom stereocenters. The molecule has 2 aliphatic heterocycles. The molecule has 0 fully saturated rings. The van der Waals surface area contributed by atoms with Gasteiger partial charge in [0, 0.05) is 63.3 Å². The Bertz CT molecular complexity index is 3390. The van der Waals surface area contributed by atoms with Crippen molar-refractivity contribution < 1.29 is 240 Å². The van der Waals surface area contributed by atoms with Gasteiger partial charge in [-0.15, -0.1) is 0 Å². The van der Waals surface area contributed by atoms with Gasteiger partial charge in [-0.1, -0.05) is 26.0 Å². The average Bonchev–Trinajstić information content (AvgIpc) is 3.70. The van der Waals surface area contributed by atoms with Gasteiger partial charge in [0.05, 0.1) is 75.1 Å². The Balaban J connectivity index is 0.00000448. The first-order valence-corrected chi connectivity index (χ1v) is 28.5. The standard InChI is InChI=1S/C51H58N2O19S4.5Na/c1-50(2)41(52(21-6-8-23-70-74(59)60)37-17-13-33-25-35(73-72-71-58)27-39(45(33)47(37)50)68-29-43(54)55)19-15-31-11-10-12-32(49(31)67-5)16-20-42-51(3,4)48-38(53(42)22-7-9-24-75(61,62)63)18-14-34-26-36(76(64,65)66)28-40(46(34)48)69-30-44(56)57;;;;;/h13-20,25-28H,6-12,21-24,29-30H2,1-5H3,(H5-,54,55,56,57,58,59,60,61,62,63,64,65,66);;;;;/q;5*+1/p-5. The van der Waals surface area contributed by atoms with Gasteiger partial charge in [-0.3, -0.25) is 5.04 Å². The quantitative estimate of drug-likeness (QED) is 0.00869. The molecule has 0 amide bonds. The number of fused-ring (bicyclic) bond motifs is 6. The van der Waals surface area contributed by atoms with E-state index in [1.54, 1.807) is 25.3 Å². The van der Waals surface area contributed by atoms with Crippen LogP contribution < -0.4 is 178 Å². The van der Waals surface area contributed by atoms with Crippen LogP contribution in [0.2, 0.25) is 0 Å². The summed E-state index contributed by atoms with van der Waals surface area (Å²) >= 11 is -2.07. The molecule has 0 spiro atoms. The number of carboxylic acids is 2. The number of ether oxygens (including phenoxy) is 3. The van der Waals surface area contributed by atoms with Crippen LogP contribution in [0.1, 0.15) is 83.8 Å². The second kappa shape index (κ2) is 33.0. The van der Waals surface area contributed by atoms with Crippen LogP contribution in [0.15, 0.2) is 105 Å². The summed E-state index contributed by atoms with van der Waals surface area (Å²) in [5, 5.41) is 39.4. The zero-order valence-electron chi connectivity index (χ0n) is 46.9. The van der Waals surface area contributed by atoms with Gasteiger partial charge in [-0.2, -0.15) is 8.91 Å². The van der Waals surface area contributed by atoms with Crippen LogP contribution in [0.5, 0.6) is 11.5 Å². The third-order valence-corrected chi connectivity index (χ3v) is 16.0. The molecule has 4 aromatic carbocycles. The van der Waals surface area contributed by atoms with E-state index in [-0.39, 0.29) is 191 Å². The van der Waals surface area contributed by atoms with Crippen molar-refractivity contribution in [1.82, 2.24) is 0 Å². The van der Waals surface area contributed by atoms with Gasteiger partial charge in [0.1, 0.15) is 47.1 Å². The topological polar surface area (TPSA) is 319 Å². The van der Waals surface area contributed by atoms with Gasteiger partial charge in [0.25, 0.3) is 0 Å². The molecular formula is C51H53N2Na5O19S4. The van der Waals surface area contributed by atoms with Crippen LogP contribution in [0, 0.1) is 0 Å². The van der Waals surface area contributed by atoms with E-state index in [1.807, 2.05) is 69.0 Å². The van der Waals surface area contributed by atoms with Crippen molar-refractivity contribution in [2.24, 2.45) is 0 Å². The molecule has 81 heavy (non-hydrogen) atoms. The number of aliphatic carboxylic acids is 2. The number of carbonyl (C=O) groups excluding carboxylic acids is 2. The molecule has 2 heterocycles. The van der Waals surface area contributed by atoms with Crippen LogP contribution in [0.4, 0.5) is 11.4 Å². The molecule has 0 radical (unpaired) electrons. The number of nitrogens with zero attached hydrogens (tertiary/aromatic N) is 2. The summed E-state index contributed by atoms with van der Waals surface area (Å²) in [7, 11) is -7.97. The van der Waals surface area contributed by atoms with Crippen LogP contribution in [0.25, 0.3) is 21.5 Å². The maximum absolute atomic E-state index is 12.3. The third-order valence-electron chi connectivity index (χ3n) is 13.4. The van der Waals surface area contributed by atoms with Crippen molar-refractivity contribution in [3.63, 3.8) is 0 Å². The van der Waals surface area contributed by atoms with Crippen molar-refractivity contribution >= 4 is 94.2 Å². The largest absolute Gasteiger partial charge is 1.00 e. The van der Waals surface area contributed by atoms with E-state index in [0.29, 0.717) is 94.5 Å². The van der Waals surface area contributed by atoms with Gasteiger partial charge >= 0.3 is 148 Å². The zero-order chi connectivity index (χ0) is 55.3. The molecule has 0 saturated heterocycles. The minimum Gasteiger partial charge on any atom is -0.750 e. The molecule has 21 nitrogen and oxygen atoms in total. The monoisotopic (exact) mass is 1240 g/mol. The number of allylic oxidation sites excluding steroid dienone is 7. The van der Waals surface area contributed by atoms with Crippen LogP contribution in [-0.2, 0) is 70.3 Å². The molecule has 0 saturated carbocycles. The predicted octanol–water partition coefficient (Wildman–Crippen LogP) is -11.1. The second-order valence-electron chi connectivity index (χ2n) is 19.1. The van der Waals surface area contributed by atoms with Crippen molar-refractivity contribution in [3.05, 3.63) is 107 Å². The van der Waals surface area contributed by atoms with E-state index in [9.17, 15) is 59.8 Å². The van der Waals surface area contributed by atoms with E-state index in [4.69, 9.17) is 18.4 Å². The predicted molar refractivity (Wildman–Crippen MR) is 269 cm³/mol. The first-order chi connectivity index (χ1) is 35.9. The van der Waals surface area contributed by atoms with E-state index in [2.05, 4.69) is 13.9 Å². The summed E-state index contributed by atoms with van der Waals surface area (Å²) in [6, 6.07) is 12.5. The Morgan fingerprint density at radius 2 is 1.42 bits per heavy atom. The SMILES string of the molecule is COC1=C(/C=C/C2=[N+](CCCCOS(=O)[O-])c3ccc4cc(SOO[O-])cc(OCC(=O)[O-])c4c3C2(C)C)CCC/C1=C\C=C1\N(CCCCS(=O)(=O)[O-])c2ccc3cc(S(=O)(=O)[O-])cc(OCC(=O)[O-])c3c2C1(C)C.[Na+].[Na+].[Na+].[Na+].[Na+]. The summed E-state index contributed by atoms with van der Waals surface area (Å²) in [4.78, 5) is 25.0. The number of anilines is 1. The Morgan fingerprint density at radius 1 is 0.790 bits per heavy atom. The molecule has 1 aliphatic carbocycles. The van der Waals surface area contributed by atoms with Crippen molar-refractivity contribution in [3.8, 4) is 11.5 Å². The number of methoxy groups -OCH3 is 1. The first kappa shape index (κ1) is 76.4. The van der Waals surface area contributed by atoms with Gasteiger partial charge in [0.2, 0.25) is 5.69 Å². The van der Waals surface area contributed by atoms with Crippen molar-refractivity contribution in [1.29, 1.82) is 0 Å². The Morgan fingerprint density at radius 3 is 2.02 bits per heavy atom. The average molecular weight is 1240 g/mol. The molecule has 0 bridgehead atoms. The Hall–Kier alpha value is -0.710. The summed E-state index contributed by atoms with van der Waals surface area (Å²) in [6.07, 6.45) is 11.0. The number of hydrogen-bond acceptors (Lipinski definition) is 21. The van der Waals surface area contributed by atoms with Crippen LogP contribution in [0.3, 0.4) is 0 Å². The molecule has 4 aromatic rings. The van der Waals surface area contributed by atoms with E-state index < -0.39 is 78.2 Å². The maximum Gasteiger partial charge on any atom is 1.00 e. The number of rotatable bonds is 25. The molecule has 0 aromatic heterocycles. The molecule has 410 valence electrons. The van der Waals surface area contributed by atoms with E-state index >= 15 is 0 Å². The van der Waals surface area contributed by atoms with E-state index in [0.717, 1.165) is 34.2 Å². The minimum atomic E-state index is -5.02. The summed E-state index contributed by atoms with van der Waals surface area (Å²) in [6.45, 7) is 6.73. The number of carbonyl (C=O) groups is 2. The van der Waals surface area contributed by atoms with Gasteiger partial charge in [-0.05, 0) is 128 Å². The second-order valence-corrected chi connectivity index (χ2v) is 23.4. The fraction of sp³-hybridized carbons (Fsp3) is 0.392. The van der Waals surface area contributed by atoms with E-state index in [1.165, 1.54) is 12.1 Å². The number of benzene rings is 4. The fourth-order valence-electron chi connectivity index (χ4n) is 10.4. The normalized spacial score (nSPS) is 16.7. The van der Waals surface area contributed by atoms with Crippen LogP contribution >= 0.6 is 12.0 Å². The van der Waals surface area contributed by atoms with Crippen LogP contribution in [-0.4, -0.2) is 103 Å². The molecule has 7 rings (SSSR count). The molecule has 1 atom stereocenters. The molecule has 30 heteroatoms. The molecule has 3 aliphatic rings. The Labute approximate surface area is 588 Å². The third kappa shape index (κ3) is 18.7. The van der Waals surface area contributed by atoms with Crippen molar-refractivity contribution in [2.75, 3.05) is 50.7 Å². The first-order valence-electron chi connectivity index (χ1n) is 23.8. The smallest absolute Gasteiger partial charge is 0.750 e. The van der Waals surface area contributed by atoms with Crippen molar-refractivity contribution in [2.45, 2.75) is 93.3 Å². The van der Waals surface area contributed by atoms with Gasteiger partial charge in [0.15, 0.2) is 5.71 Å². The molecular weight excluding hydrogens is 1190 g/mol. The number of unbranched alkanes of at least 4 members (excludes halogenated alkanes) is 2. The summed E-state index contributed by atoms with van der Waals surface area (Å²) in [5.41, 5.74) is 4.27. The number of hydrogen-bond donors (Lipinski definition) is 0. The molecule has 0 N–H and O–H groups in total.